The summed E-state index contributed by atoms with van der Waals surface area (Å²) in [4.78, 5) is 16.5. The fourth-order valence-electron chi connectivity index (χ4n) is 3.17. The van der Waals surface area contributed by atoms with E-state index in [4.69, 9.17) is 0 Å². The summed E-state index contributed by atoms with van der Waals surface area (Å²) in [5.74, 6) is 1.49. The van der Waals surface area contributed by atoms with Gasteiger partial charge < -0.3 is 15.1 Å². The number of rotatable bonds is 3. The van der Waals surface area contributed by atoms with Crippen LogP contribution < -0.4 is 10.2 Å². The lowest BCUT2D eigenvalue weighted by atomic mass is 10.1. The van der Waals surface area contributed by atoms with E-state index in [2.05, 4.69) is 32.4 Å². The number of urea groups is 1. The number of nitrogens with one attached hydrogen (secondary N) is 1. The molecule has 1 aliphatic heterocycles. The van der Waals surface area contributed by atoms with Crippen LogP contribution in [0.15, 0.2) is 48.8 Å². The third-order valence-corrected chi connectivity index (χ3v) is 5.02. The van der Waals surface area contributed by atoms with Gasteiger partial charge in [0.1, 0.15) is 0 Å². The third kappa shape index (κ3) is 3.80. The number of amides is 2. The molecule has 3 heterocycles. The van der Waals surface area contributed by atoms with Crippen LogP contribution in [0.1, 0.15) is 11.1 Å². The molecule has 2 amide bonds. The van der Waals surface area contributed by atoms with Crippen molar-refractivity contribution in [1.29, 1.82) is 0 Å². The lowest BCUT2D eigenvalue weighted by molar-refractivity contribution is 0.208. The highest BCUT2D eigenvalue weighted by molar-refractivity contribution is 5.89. The Balaban J connectivity index is 1.33. The number of hydrogen-bond donors (Lipinski definition) is 1. The highest BCUT2D eigenvalue weighted by Gasteiger charge is 2.22. The van der Waals surface area contributed by atoms with Crippen LogP contribution in [0, 0.1) is 13.8 Å². The average molecular weight is 377 g/mol. The van der Waals surface area contributed by atoms with Gasteiger partial charge in [-0.2, -0.15) is 5.10 Å². The minimum atomic E-state index is -0.0667. The maximum absolute atomic E-state index is 12.5. The van der Waals surface area contributed by atoms with Gasteiger partial charge in [0.2, 0.25) is 0 Å². The number of carbonyl (C=O) groups is 1. The minimum absolute atomic E-state index is 0.0667. The van der Waals surface area contributed by atoms with Crippen LogP contribution in [-0.4, -0.2) is 57.1 Å². The number of benzene rings is 1. The molecule has 1 N–H and O–H groups in total. The van der Waals surface area contributed by atoms with Gasteiger partial charge in [-0.1, -0.05) is 6.07 Å². The predicted octanol–water partition coefficient (Wildman–Crippen LogP) is 2.63. The van der Waals surface area contributed by atoms with Gasteiger partial charge >= 0.3 is 6.03 Å². The molecule has 0 saturated carbocycles. The van der Waals surface area contributed by atoms with Crippen LogP contribution in [-0.2, 0) is 0 Å². The zero-order valence-corrected chi connectivity index (χ0v) is 16.0. The molecule has 0 unspecified atom stereocenters. The molecular weight excluding hydrogens is 354 g/mol. The van der Waals surface area contributed by atoms with Gasteiger partial charge in [0, 0.05) is 44.3 Å². The molecule has 2 aromatic heterocycles. The lowest BCUT2D eigenvalue weighted by Crippen LogP contribution is -2.50. The molecule has 8 nitrogen and oxygen atoms in total. The van der Waals surface area contributed by atoms with Crippen molar-refractivity contribution in [2.45, 2.75) is 13.8 Å². The summed E-state index contributed by atoms with van der Waals surface area (Å²) in [7, 11) is 0. The highest BCUT2D eigenvalue weighted by atomic mass is 16.2. The SMILES string of the molecule is Cc1ccc(NC(=O)N2CCN(c3ccc(-n4cccn4)nn3)CC2)cc1C. The van der Waals surface area contributed by atoms with E-state index in [9.17, 15) is 4.79 Å². The van der Waals surface area contributed by atoms with Gasteiger partial charge in [-0.15, -0.1) is 10.2 Å². The zero-order chi connectivity index (χ0) is 19.5. The average Bonchev–Trinajstić information content (AvgIpc) is 3.26. The van der Waals surface area contributed by atoms with E-state index >= 15 is 0 Å². The van der Waals surface area contributed by atoms with Gasteiger partial charge in [0.15, 0.2) is 11.6 Å². The zero-order valence-electron chi connectivity index (χ0n) is 16.0. The Morgan fingerprint density at radius 2 is 1.71 bits per heavy atom. The molecule has 8 heteroatoms. The molecule has 1 saturated heterocycles. The first kappa shape index (κ1) is 18.0. The van der Waals surface area contributed by atoms with Gasteiger partial charge in [-0.3, -0.25) is 0 Å². The Morgan fingerprint density at radius 3 is 2.36 bits per heavy atom. The summed E-state index contributed by atoms with van der Waals surface area (Å²) >= 11 is 0. The van der Waals surface area contributed by atoms with Gasteiger partial charge in [-0.25, -0.2) is 9.48 Å². The van der Waals surface area contributed by atoms with Crippen molar-refractivity contribution in [2.75, 3.05) is 36.4 Å². The van der Waals surface area contributed by atoms with Crippen molar-refractivity contribution < 1.29 is 4.79 Å². The standard InChI is InChI=1S/C20H23N7O/c1-15-4-5-17(14-16(15)2)22-20(28)26-12-10-25(11-13-26)18-6-7-19(24-23-18)27-9-3-8-21-27/h3-9,14H,10-13H2,1-2H3,(H,22,28). The fraction of sp³-hybridized carbons (Fsp3) is 0.300. The molecule has 1 fully saturated rings. The Labute approximate surface area is 163 Å². The second-order valence-electron chi connectivity index (χ2n) is 6.90. The summed E-state index contributed by atoms with van der Waals surface area (Å²) in [5, 5.41) is 15.7. The van der Waals surface area contributed by atoms with E-state index < -0.39 is 0 Å². The molecule has 28 heavy (non-hydrogen) atoms. The largest absolute Gasteiger partial charge is 0.352 e. The molecule has 1 aliphatic rings. The van der Waals surface area contributed by atoms with E-state index in [0.29, 0.717) is 18.9 Å². The normalized spacial score (nSPS) is 14.2. The molecular formula is C20H23N7O. The number of hydrogen-bond acceptors (Lipinski definition) is 5. The number of aromatic nitrogens is 4. The number of nitrogens with zero attached hydrogens (tertiary/aromatic N) is 6. The molecule has 0 aliphatic carbocycles. The first-order chi connectivity index (χ1) is 13.6. The van der Waals surface area contributed by atoms with Crippen molar-refractivity contribution in [3.8, 4) is 5.82 Å². The minimum Gasteiger partial charge on any atom is -0.352 e. The Kier molecular flexibility index (Phi) is 4.92. The smallest absolute Gasteiger partial charge is 0.321 e. The molecule has 0 spiro atoms. The van der Waals surface area contributed by atoms with Crippen molar-refractivity contribution >= 4 is 17.5 Å². The van der Waals surface area contributed by atoms with Gasteiger partial charge in [-0.05, 0) is 55.3 Å². The van der Waals surface area contributed by atoms with Crippen LogP contribution in [0.3, 0.4) is 0 Å². The van der Waals surface area contributed by atoms with Crippen LogP contribution in [0.5, 0.6) is 0 Å². The summed E-state index contributed by atoms with van der Waals surface area (Å²) in [5.41, 5.74) is 3.21. The highest BCUT2D eigenvalue weighted by Crippen LogP contribution is 2.17. The molecule has 4 rings (SSSR count). The van der Waals surface area contributed by atoms with Gasteiger partial charge in [0.05, 0.1) is 0 Å². The Hall–Kier alpha value is -3.42. The first-order valence-corrected chi connectivity index (χ1v) is 9.32. The molecule has 0 atom stereocenters. The van der Waals surface area contributed by atoms with Crippen LogP contribution >= 0.6 is 0 Å². The fourth-order valence-corrected chi connectivity index (χ4v) is 3.17. The first-order valence-electron chi connectivity index (χ1n) is 9.32. The summed E-state index contributed by atoms with van der Waals surface area (Å²) < 4.78 is 1.67. The Morgan fingerprint density at radius 1 is 0.964 bits per heavy atom. The van der Waals surface area contributed by atoms with Crippen molar-refractivity contribution in [1.82, 2.24) is 24.9 Å². The molecule has 1 aromatic carbocycles. The van der Waals surface area contributed by atoms with Crippen LogP contribution in [0.2, 0.25) is 0 Å². The third-order valence-electron chi connectivity index (χ3n) is 5.02. The van der Waals surface area contributed by atoms with Crippen molar-refractivity contribution in [3.05, 3.63) is 59.9 Å². The molecule has 3 aromatic rings. The van der Waals surface area contributed by atoms with Crippen molar-refractivity contribution in [3.63, 3.8) is 0 Å². The van der Waals surface area contributed by atoms with Gasteiger partial charge in [0.25, 0.3) is 0 Å². The maximum atomic E-state index is 12.5. The number of anilines is 2. The quantitative estimate of drug-likeness (QED) is 0.759. The molecule has 0 bridgehead atoms. The maximum Gasteiger partial charge on any atom is 0.321 e. The lowest BCUT2D eigenvalue weighted by Gasteiger charge is -2.35. The second kappa shape index (κ2) is 7.67. The predicted molar refractivity (Wildman–Crippen MR) is 108 cm³/mol. The van der Waals surface area contributed by atoms with E-state index in [0.717, 1.165) is 24.6 Å². The second-order valence-corrected chi connectivity index (χ2v) is 6.90. The van der Waals surface area contributed by atoms with Crippen LogP contribution in [0.4, 0.5) is 16.3 Å². The van der Waals surface area contributed by atoms with Crippen LogP contribution in [0.25, 0.3) is 5.82 Å². The van der Waals surface area contributed by atoms with E-state index in [1.54, 1.807) is 10.9 Å². The Bertz CT molecular complexity index is 945. The van der Waals surface area contributed by atoms with E-state index in [1.165, 1.54) is 11.1 Å². The number of aryl methyl sites for hydroxylation is 2. The number of carbonyl (C=O) groups excluding carboxylic acids is 1. The summed E-state index contributed by atoms with van der Waals surface area (Å²) in [6.07, 6.45) is 3.54. The molecule has 0 radical (unpaired) electrons. The van der Waals surface area contributed by atoms with Crippen molar-refractivity contribution in [2.24, 2.45) is 0 Å². The van der Waals surface area contributed by atoms with E-state index in [1.807, 2.05) is 54.4 Å². The van der Waals surface area contributed by atoms with E-state index in [-0.39, 0.29) is 6.03 Å². The monoisotopic (exact) mass is 377 g/mol. The topological polar surface area (TPSA) is 79.2 Å². The summed E-state index contributed by atoms with van der Waals surface area (Å²) in [6.45, 7) is 6.82. The summed E-state index contributed by atoms with van der Waals surface area (Å²) in [6, 6.07) is 11.6. The molecule has 144 valence electrons. The number of piperazine rings is 1.